The lowest BCUT2D eigenvalue weighted by Gasteiger charge is -2.00. The first kappa shape index (κ1) is 3.43. The first-order chi connectivity index (χ1) is 8.06. The second-order valence-corrected chi connectivity index (χ2v) is 1.80. The van der Waals surface area contributed by atoms with Crippen molar-refractivity contribution in [2.45, 2.75) is 0 Å². The van der Waals surface area contributed by atoms with E-state index in [1.165, 1.54) is 0 Å². The van der Waals surface area contributed by atoms with E-state index in [0.29, 0.717) is 0 Å². The molecule has 12 heavy (non-hydrogen) atoms. The molecule has 0 bridgehead atoms. The van der Waals surface area contributed by atoms with Crippen LogP contribution in [-0.2, 0) is 4.74 Å². The van der Waals surface area contributed by atoms with Crippen LogP contribution in [-0.4, -0.2) is 18.1 Å². The third-order valence-electron chi connectivity index (χ3n) is 1.05. The van der Waals surface area contributed by atoms with Crippen molar-refractivity contribution < 1.29 is 27.3 Å². The molecule has 1 rings (SSSR count). The predicted octanol–water partition coefficient (Wildman–Crippen LogP) is 1.32. The van der Waals surface area contributed by atoms with Gasteiger partial charge in [0, 0.05) is 6.04 Å². The standard InChI is InChI=1S/C8H7FO3/c1-12-8(11)6-3-2-5(10)4-7(6)9/h2-4,10H,1H3/i1D3,2D,3D,4D. The maximum atomic E-state index is 13.5. The normalized spacial score (nSPS) is 17.8. The zero-order chi connectivity index (χ0) is 14.2. The lowest BCUT2D eigenvalue weighted by atomic mass is 10.2. The summed E-state index contributed by atoms with van der Waals surface area (Å²) in [7, 11) is -3.14. The average molecular weight is 176 g/mol. The highest BCUT2D eigenvalue weighted by Crippen LogP contribution is 2.15. The van der Waals surface area contributed by atoms with Crippen LogP contribution in [0.15, 0.2) is 18.1 Å². The van der Waals surface area contributed by atoms with Crippen molar-refractivity contribution in [3.63, 3.8) is 0 Å². The average Bonchev–Trinajstić information content (AvgIpc) is 2.21. The van der Waals surface area contributed by atoms with E-state index >= 15 is 0 Å². The van der Waals surface area contributed by atoms with Crippen LogP contribution in [0.2, 0.25) is 0 Å². The van der Waals surface area contributed by atoms with Gasteiger partial charge in [-0.25, -0.2) is 9.18 Å². The number of phenols is 1. The summed E-state index contributed by atoms with van der Waals surface area (Å²) in [6, 6.07) is -3.18. The Morgan fingerprint density at radius 3 is 3.25 bits per heavy atom. The van der Waals surface area contributed by atoms with Gasteiger partial charge in [0.05, 0.1) is 20.8 Å². The van der Waals surface area contributed by atoms with Gasteiger partial charge in [-0.2, -0.15) is 0 Å². The Labute approximate surface area is 76.8 Å². The Morgan fingerprint density at radius 1 is 1.83 bits per heavy atom. The van der Waals surface area contributed by atoms with Crippen molar-refractivity contribution in [3.8, 4) is 5.75 Å². The molecular formula is C8H7FO3. The maximum absolute atomic E-state index is 13.5. The maximum Gasteiger partial charge on any atom is 0.340 e. The van der Waals surface area contributed by atoms with Crippen LogP contribution < -0.4 is 0 Å². The Bertz CT molecular complexity index is 484. The van der Waals surface area contributed by atoms with Crippen LogP contribution in [0, 0.1) is 5.82 Å². The van der Waals surface area contributed by atoms with E-state index in [1.807, 2.05) is 0 Å². The van der Waals surface area contributed by atoms with Crippen LogP contribution in [0.3, 0.4) is 0 Å². The number of esters is 1. The van der Waals surface area contributed by atoms with E-state index in [0.717, 1.165) is 0 Å². The molecule has 0 saturated carbocycles. The molecule has 1 aromatic carbocycles. The molecule has 0 spiro atoms. The van der Waals surface area contributed by atoms with Gasteiger partial charge in [0.25, 0.3) is 0 Å². The third kappa shape index (κ3) is 1.53. The number of carbonyl (C=O) groups is 1. The van der Waals surface area contributed by atoms with Crippen molar-refractivity contribution in [1.29, 1.82) is 0 Å². The molecule has 0 aliphatic rings. The Kier molecular flexibility index (Phi) is 0.918. The zero-order valence-corrected chi connectivity index (χ0v) is 5.64. The highest BCUT2D eigenvalue weighted by atomic mass is 19.1. The van der Waals surface area contributed by atoms with Crippen molar-refractivity contribution in [3.05, 3.63) is 29.5 Å². The highest BCUT2D eigenvalue weighted by Gasteiger charge is 2.11. The minimum atomic E-state index is -3.14. The summed E-state index contributed by atoms with van der Waals surface area (Å²) in [6.07, 6.45) is 0. The van der Waals surface area contributed by atoms with Gasteiger partial charge < -0.3 is 9.84 Å². The highest BCUT2D eigenvalue weighted by molar-refractivity contribution is 5.89. The third-order valence-corrected chi connectivity index (χ3v) is 1.05. The van der Waals surface area contributed by atoms with E-state index in [9.17, 15) is 9.18 Å². The fraction of sp³-hybridized carbons (Fsp3) is 0.125. The molecule has 1 N–H and O–H groups in total. The first-order valence-corrected chi connectivity index (χ1v) is 2.77. The molecule has 0 radical (unpaired) electrons. The van der Waals surface area contributed by atoms with Gasteiger partial charge in [-0.1, -0.05) is 0 Å². The SMILES string of the molecule is [2H]c1c([2H])c(C(=O)OC([2H])([2H])[2H])c(F)c([2H])c1O. The molecule has 64 valence electrons. The van der Waals surface area contributed by atoms with Gasteiger partial charge in [0.2, 0.25) is 0 Å². The Hall–Kier alpha value is -1.58. The van der Waals surface area contributed by atoms with Gasteiger partial charge in [0.1, 0.15) is 11.6 Å². The summed E-state index contributed by atoms with van der Waals surface area (Å²) < 4.78 is 58.9. The molecule has 0 aromatic heterocycles. The second kappa shape index (κ2) is 3.21. The summed E-state index contributed by atoms with van der Waals surface area (Å²) in [5.41, 5.74) is -1.17. The fourth-order valence-corrected chi connectivity index (χ4v) is 0.566. The minimum absolute atomic E-state index is 0.959. The molecule has 1 aromatic rings. The number of aromatic hydroxyl groups is 1. The first-order valence-electron chi connectivity index (χ1n) is 5.77. The van der Waals surface area contributed by atoms with E-state index < -0.39 is 48.3 Å². The van der Waals surface area contributed by atoms with E-state index in [-0.39, 0.29) is 0 Å². The number of halogens is 1. The predicted molar refractivity (Wildman–Crippen MR) is 39.4 cm³/mol. The summed E-state index contributed by atoms with van der Waals surface area (Å²) in [6.45, 7) is 0. The summed E-state index contributed by atoms with van der Waals surface area (Å²) in [4.78, 5) is 11.3. The van der Waals surface area contributed by atoms with Gasteiger partial charge in [0.15, 0.2) is 0 Å². The molecule has 0 unspecified atom stereocenters. The van der Waals surface area contributed by atoms with Gasteiger partial charge in [-0.15, -0.1) is 0 Å². The second-order valence-electron chi connectivity index (χ2n) is 1.80. The topological polar surface area (TPSA) is 46.5 Å². The molecule has 0 atom stereocenters. The van der Waals surface area contributed by atoms with Gasteiger partial charge >= 0.3 is 5.97 Å². The van der Waals surface area contributed by atoms with Crippen LogP contribution in [0.4, 0.5) is 4.39 Å². The summed E-state index contributed by atoms with van der Waals surface area (Å²) in [5.74, 6) is -4.41. The van der Waals surface area contributed by atoms with E-state index in [4.69, 9.17) is 13.3 Å². The summed E-state index contributed by atoms with van der Waals surface area (Å²) in [5, 5.41) is 9.11. The number of benzene rings is 1. The number of carbonyl (C=O) groups excluding carboxylic acids is 1. The van der Waals surface area contributed by atoms with Gasteiger partial charge in [-0.05, 0) is 12.1 Å². The quantitative estimate of drug-likeness (QED) is 0.656. The Balaban J connectivity index is 3.38. The van der Waals surface area contributed by atoms with Gasteiger partial charge in [-0.3, -0.25) is 0 Å². The zero-order valence-electron chi connectivity index (χ0n) is 11.6. The van der Waals surface area contributed by atoms with E-state index in [2.05, 4.69) is 4.74 Å². The number of hydrogen-bond acceptors (Lipinski definition) is 3. The van der Waals surface area contributed by atoms with Crippen LogP contribution in [0.25, 0.3) is 0 Å². The monoisotopic (exact) mass is 176 g/mol. The molecule has 0 aliphatic heterocycles. The summed E-state index contributed by atoms with van der Waals surface area (Å²) >= 11 is 0. The molecular weight excluding hydrogens is 163 g/mol. The fourth-order valence-electron chi connectivity index (χ4n) is 0.566. The van der Waals surface area contributed by atoms with Crippen LogP contribution in [0.1, 0.15) is 18.6 Å². The number of hydrogen-bond donors (Lipinski definition) is 1. The number of rotatable bonds is 1. The molecule has 3 nitrogen and oxygen atoms in total. The van der Waals surface area contributed by atoms with Crippen molar-refractivity contribution in [2.24, 2.45) is 0 Å². The molecule has 0 heterocycles. The van der Waals surface area contributed by atoms with E-state index in [1.54, 1.807) is 0 Å². The van der Waals surface area contributed by atoms with Crippen molar-refractivity contribution >= 4 is 5.97 Å². The lowest BCUT2D eigenvalue weighted by Crippen LogP contribution is -2.03. The molecule has 0 fully saturated rings. The number of ether oxygens (including phenoxy) is 1. The number of phenolic OH excluding ortho intramolecular Hbond substituents is 1. The lowest BCUT2D eigenvalue weighted by molar-refractivity contribution is 0.0595. The molecule has 0 amide bonds. The van der Waals surface area contributed by atoms with Crippen molar-refractivity contribution in [1.82, 2.24) is 0 Å². The van der Waals surface area contributed by atoms with Crippen LogP contribution in [0.5, 0.6) is 5.75 Å². The van der Waals surface area contributed by atoms with Crippen LogP contribution >= 0.6 is 0 Å². The molecule has 4 heteroatoms. The molecule has 0 aliphatic carbocycles. The number of methoxy groups -OCH3 is 1. The smallest absolute Gasteiger partial charge is 0.340 e. The van der Waals surface area contributed by atoms with Crippen molar-refractivity contribution in [2.75, 3.05) is 7.04 Å². The Morgan fingerprint density at radius 2 is 2.58 bits per heavy atom. The molecule has 0 saturated heterocycles. The largest absolute Gasteiger partial charge is 0.508 e. The minimum Gasteiger partial charge on any atom is -0.508 e.